The lowest BCUT2D eigenvalue weighted by molar-refractivity contribution is 0.0589. The predicted molar refractivity (Wildman–Crippen MR) is 87.0 cm³/mol. The molecule has 0 fully saturated rings. The molecule has 0 N–H and O–H groups in total. The summed E-state index contributed by atoms with van der Waals surface area (Å²) < 4.78 is 11.9. The molecule has 20 heavy (non-hydrogen) atoms. The Balaban J connectivity index is 2.47. The molecule has 0 unspecified atom stereocenters. The van der Waals surface area contributed by atoms with Gasteiger partial charge in [0.1, 0.15) is 6.10 Å². The van der Waals surface area contributed by atoms with Gasteiger partial charge in [-0.1, -0.05) is 57.0 Å². The normalized spacial score (nSPS) is 13.8. The summed E-state index contributed by atoms with van der Waals surface area (Å²) in [4.78, 5) is 0. The lowest BCUT2D eigenvalue weighted by atomic mass is 10.2. The largest absolute Gasteiger partial charge is 0.401 e. The highest BCUT2D eigenvalue weighted by atomic mass is 28.4. The molecule has 1 atom stereocenters. The number of ether oxygens (including phenoxy) is 1. The van der Waals surface area contributed by atoms with Crippen molar-refractivity contribution in [3.8, 4) is 12.3 Å². The maximum Gasteiger partial charge on any atom is 0.193 e. The highest BCUT2D eigenvalue weighted by Crippen LogP contribution is 2.37. The van der Waals surface area contributed by atoms with Gasteiger partial charge in [0.05, 0.1) is 13.2 Å². The van der Waals surface area contributed by atoms with Gasteiger partial charge in [-0.2, -0.15) is 0 Å². The van der Waals surface area contributed by atoms with Crippen LogP contribution in [0.3, 0.4) is 0 Å². The first kappa shape index (κ1) is 17.0. The van der Waals surface area contributed by atoms with E-state index in [1.54, 1.807) is 0 Å². The van der Waals surface area contributed by atoms with E-state index in [0.717, 1.165) is 5.56 Å². The summed E-state index contributed by atoms with van der Waals surface area (Å²) in [5.74, 6) is 2.70. The Morgan fingerprint density at radius 1 is 1.20 bits per heavy atom. The summed E-state index contributed by atoms with van der Waals surface area (Å²) in [5.41, 5.74) is 1.15. The number of hydrogen-bond donors (Lipinski definition) is 0. The van der Waals surface area contributed by atoms with Crippen LogP contribution < -0.4 is 0 Å². The van der Waals surface area contributed by atoms with Gasteiger partial charge in [-0.3, -0.25) is 0 Å². The third kappa shape index (κ3) is 5.13. The minimum absolute atomic E-state index is 0.154. The molecule has 0 aliphatic heterocycles. The zero-order valence-electron chi connectivity index (χ0n) is 13.3. The monoisotopic (exact) mass is 290 g/mol. The minimum Gasteiger partial charge on any atom is -0.401 e. The Kier molecular flexibility index (Phi) is 6.00. The van der Waals surface area contributed by atoms with Gasteiger partial charge in [0.25, 0.3) is 0 Å². The van der Waals surface area contributed by atoms with E-state index in [9.17, 15) is 0 Å². The second kappa shape index (κ2) is 7.08. The average molecular weight is 290 g/mol. The SMILES string of the molecule is C#C[C@H](COCc1ccccc1)O[Si](C)(C)C(C)(C)C. The smallest absolute Gasteiger partial charge is 0.193 e. The predicted octanol–water partition coefficient (Wildman–Crippen LogP) is 4.23. The Labute approximate surface area is 124 Å². The van der Waals surface area contributed by atoms with Crippen LogP contribution in [0.4, 0.5) is 0 Å². The topological polar surface area (TPSA) is 18.5 Å². The summed E-state index contributed by atoms with van der Waals surface area (Å²) in [5, 5.41) is 0.154. The summed E-state index contributed by atoms with van der Waals surface area (Å²) in [6, 6.07) is 10.1. The average Bonchev–Trinajstić information content (AvgIpc) is 2.37. The highest BCUT2D eigenvalue weighted by Gasteiger charge is 2.38. The van der Waals surface area contributed by atoms with Crippen molar-refractivity contribution in [1.29, 1.82) is 0 Å². The Hall–Kier alpha value is -1.08. The molecule has 1 rings (SSSR count). The molecule has 0 spiro atoms. The summed E-state index contributed by atoms with van der Waals surface area (Å²) >= 11 is 0. The van der Waals surface area contributed by atoms with E-state index in [0.29, 0.717) is 13.2 Å². The lowest BCUT2D eigenvalue weighted by Gasteiger charge is -2.37. The number of hydrogen-bond acceptors (Lipinski definition) is 2. The van der Waals surface area contributed by atoms with Crippen LogP contribution in [0.15, 0.2) is 30.3 Å². The first-order valence-corrected chi connectivity index (χ1v) is 9.93. The van der Waals surface area contributed by atoms with Gasteiger partial charge in [0.2, 0.25) is 0 Å². The van der Waals surface area contributed by atoms with Gasteiger partial charge < -0.3 is 9.16 Å². The molecule has 0 aliphatic rings. The van der Waals surface area contributed by atoms with Crippen LogP contribution in [-0.2, 0) is 15.8 Å². The molecule has 0 aromatic heterocycles. The van der Waals surface area contributed by atoms with Crippen molar-refractivity contribution in [3.63, 3.8) is 0 Å². The highest BCUT2D eigenvalue weighted by molar-refractivity contribution is 6.74. The molecule has 1 aromatic rings. The molecule has 110 valence electrons. The molecule has 0 saturated heterocycles. The van der Waals surface area contributed by atoms with Crippen LogP contribution in [-0.4, -0.2) is 21.0 Å². The van der Waals surface area contributed by atoms with Crippen molar-refractivity contribution < 1.29 is 9.16 Å². The molecule has 3 heteroatoms. The minimum atomic E-state index is -1.84. The van der Waals surface area contributed by atoms with Crippen molar-refractivity contribution in [2.24, 2.45) is 0 Å². The van der Waals surface area contributed by atoms with E-state index in [1.807, 2.05) is 30.3 Å². The van der Waals surface area contributed by atoms with Crippen LogP contribution in [0, 0.1) is 12.3 Å². The first-order chi connectivity index (χ1) is 9.26. The van der Waals surface area contributed by atoms with Crippen molar-refractivity contribution in [3.05, 3.63) is 35.9 Å². The van der Waals surface area contributed by atoms with Gasteiger partial charge in [-0.05, 0) is 23.7 Å². The summed E-state index contributed by atoms with van der Waals surface area (Å²) in [6.45, 7) is 12.0. The number of terminal acetylenes is 1. The molecule has 0 heterocycles. The van der Waals surface area contributed by atoms with E-state index >= 15 is 0 Å². The fourth-order valence-corrected chi connectivity index (χ4v) is 2.71. The Bertz CT molecular complexity index is 440. The van der Waals surface area contributed by atoms with Gasteiger partial charge in [0, 0.05) is 0 Å². The van der Waals surface area contributed by atoms with Crippen LogP contribution >= 0.6 is 0 Å². The van der Waals surface area contributed by atoms with Crippen LogP contribution in [0.1, 0.15) is 26.3 Å². The van der Waals surface area contributed by atoms with Crippen LogP contribution in [0.25, 0.3) is 0 Å². The standard InChI is InChI=1S/C17H26O2Si/c1-7-16(19-20(5,6)17(2,3)4)14-18-13-15-11-9-8-10-12-15/h1,8-12,16H,13-14H2,2-6H3/t16-/m1/s1. The number of rotatable bonds is 6. The van der Waals surface area contributed by atoms with E-state index in [1.165, 1.54) is 0 Å². The van der Waals surface area contributed by atoms with Gasteiger partial charge in [-0.25, -0.2) is 0 Å². The molecule has 1 aromatic carbocycles. The summed E-state index contributed by atoms with van der Waals surface area (Å²) in [6.07, 6.45) is 5.31. The van der Waals surface area contributed by atoms with E-state index in [4.69, 9.17) is 15.6 Å². The first-order valence-electron chi connectivity index (χ1n) is 7.02. The fraction of sp³-hybridized carbons (Fsp3) is 0.529. The maximum absolute atomic E-state index is 6.17. The van der Waals surface area contributed by atoms with E-state index < -0.39 is 8.32 Å². The second-order valence-corrected chi connectivity index (χ2v) is 11.3. The van der Waals surface area contributed by atoms with Crippen molar-refractivity contribution in [2.45, 2.75) is 51.6 Å². The third-order valence-corrected chi connectivity index (χ3v) is 8.30. The molecular formula is C17H26O2Si. The van der Waals surface area contributed by atoms with E-state index in [-0.39, 0.29) is 11.1 Å². The maximum atomic E-state index is 6.17. The molecule has 0 amide bonds. The van der Waals surface area contributed by atoms with Gasteiger partial charge in [-0.15, -0.1) is 6.42 Å². The Morgan fingerprint density at radius 3 is 2.30 bits per heavy atom. The fourth-order valence-electron chi connectivity index (χ4n) is 1.51. The van der Waals surface area contributed by atoms with Crippen molar-refractivity contribution in [1.82, 2.24) is 0 Å². The number of benzene rings is 1. The van der Waals surface area contributed by atoms with Crippen molar-refractivity contribution in [2.75, 3.05) is 6.61 Å². The van der Waals surface area contributed by atoms with Crippen LogP contribution in [0.5, 0.6) is 0 Å². The van der Waals surface area contributed by atoms with Crippen molar-refractivity contribution >= 4 is 8.32 Å². The van der Waals surface area contributed by atoms with Gasteiger partial charge >= 0.3 is 0 Å². The molecule has 0 radical (unpaired) electrons. The molecule has 0 saturated carbocycles. The Morgan fingerprint density at radius 2 is 1.80 bits per heavy atom. The van der Waals surface area contributed by atoms with Gasteiger partial charge in [0.15, 0.2) is 8.32 Å². The molecule has 2 nitrogen and oxygen atoms in total. The second-order valence-electron chi connectivity index (χ2n) is 6.53. The zero-order chi connectivity index (χ0) is 15.2. The lowest BCUT2D eigenvalue weighted by Crippen LogP contribution is -2.44. The third-order valence-electron chi connectivity index (χ3n) is 3.81. The quantitative estimate of drug-likeness (QED) is 0.576. The summed E-state index contributed by atoms with van der Waals surface area (Å²) in [7, 11) is -1.84. The van der Waals surface area contributed by atoms with Crippen LogP contribution in [0.2, 0.25) is 18.1 Å². The molecular weight excluding hydrogens is 264 g/mol. The molecule has 0 bridgehead atoms. The van der Waals surface area contributed by atoms with E-state index in [2.05, 4.69) is 39.8 Å². The zero-order valence-corrected chi connectivity index (χ0v) is 14.3. The molecule has 0 aliphatic carbocycles.